The Labute approximate surface area is 180 Å². The number of fused-ring (bicyclic) bond motifs is 1. The Hall–Kier alpha value is -3.39. The van der Waals surface area contributed by atoms with Crippen LogP contribution in [0.25, 0.3) is 11.1 Å². The van der Waals surface area contributed by atoms with Gasteiger partial charge in [-0.15, -0.1) is 0 Å². The minimum atomic E-state index is -1.39. The third-order valence-corrected chi connectivity index (χ3v) is 4.27. The molecule has 0 aliphatic carbocycles. The number of carbonyl (C=O) groups is 2. The summed E-state index contributed by atoms with van der Waals surface area (Å²) in [7, 11) is 0. The minimum absolute atomic E-state index is 0.0156. The van der Waals surface area contributed by atoms with E-state index in [2.05, 4.69) is 10.3 Å². The van der Waals surface area contributed by atoms with Crippen LogP contribution in [0, 0.1) is 0 Å². The number of aliphatic hydroxyl groups excluding tert-OH is 1. The van der Waals surface area contributed by atoms with Gasteiger partial charge in [-0.05, 0) is 38.5 Å². The lowest BCUT2D eigenvalue weighted by molar-refractivity contribution is -0.156. The monoisotopic (exact) mass is 426 g/mol. The molecule has 0 aliphatic rings. The number of esters is 1. The second-order valence-corrected chi connectivity index (χ2v) is 8.07. The molecular formula is C23H26N2O6. The van der Waals surface area contributed by atoms with E-state index in [0.29, 0.717) is 11.1 Å². The lowest BCUT2D eigenvalue weighted by Gasteiger charge is -2.24. The topological polar surface area (TPSA) is 111 Å². The Balaban J connectivity index is 1.73. The third-order valence-electron chi connectivity index (χ3n) is 4.27. The number of aliphatic hydroxyl groups is 1. The van der Waals surface area contributed by atoms with Gasteiger partial charge in [0.05, 0.1) is 12.5 Å². The standard InChI is InChI=1S/C23H26N2O6/c1-23(2,3)31-19(26)13-17(25-22(28)29-14-15-9-5-4-6-10-15)20(27)21-24-16-11-7-8-12-18(16)30-21/h4-12,17,20,27H,13-14H2,1-3H3,(H,25,28)/t17-,20?/m1/s1. The van der Waals surface area contributed by atoms with Crippen LogP contribution >= 0.6 is 0 Å². The molecule has 2 atom stereocenters. The summed E-state index contributed by atoms with van der Waals surface area (Å²) < 4.78 is 16.2. The number of alkyl carbamates (subject to hydrolysis) is 1. The molecule has 3 rings (SSSR count). The van der Waals surface area contributed by atoms with Crippen LogP contribution in [0.4, 0.5) is 4.79 Å². The van der Waals surface area contributed by atoms with Crippen molar-refractivity contribution in [1.29, 1.82) is 0 Å². The first-order valence-corrected chi connectivity index (χ1v) is 9.94. The van der Waals surface area contributed by atoms with Gasteiger partial charge in [0, 0.05) is 0 Å². The van der Waals surface area contributed by atoms with Crippen molar-refractivity contribution in [2.24, 2.45) is 0 Å². The number of rotatable bonds is 7. The molecule has 1 amide bonds. The summed E-state index contributed by atoms with van der Waals surface area (Å²) in [5.41, 5.74) is 1.14. The number of nitrogens with one attached hydrogen (secondary N) is 1. The molecule has 2 N–H and O–H groups in total. The number of nitrogens with zero attached hydrogens (tertiary/aromatic N) is 1. The highest BCUT2D eigenvalue weighted by Gasteiger charge is 2.31. The summed E-state index contributed by atoms with van der Waals surface area (Å²) in [5.74, 6) is -0.603. The predicted octanol–water partition coefficient (Wildman–Crippen LogP) is 3.89. The third kappa shape index (κ3) is 6.55. The van der Waals surface area contributed by atoms with Crippen molar-refractivity contribution < 1.29 is 28.6 Å². The van der Waals surface area contributed by atoms with E-state index in [0.717, 1.165) is 5.56 Å². The number of ether oxygens (including phenoxy) is 2. The van der Waals surface area contributed by atoms with Gasteiger partial charge in [0.15, 0.2) is 11.7 Å². The quantitative estimate of drug-likeness (QED) is 0.551. The molecule has 1 unspecified atom stereocenters. The molecule has 1 aromatic heterocycles. The molecule has 8 nitrogen and oxygen atoms in total. The Kier molecular flexibility index (Phi) is 6.91. The number of carbonyl (C=O) groups excluding carboxylic acids is 2. The maximum atomic E-state index is 12.4. The average molecular weight is 426 g/mol. The normalized spacial score (nSPS) is 13.4. The highest BCUT2D eigenvalue weighted by molar-refractivity contribution is 5.74. The minimum Gasteiger partial charge on any atom is -0.460 e. The molecular weight excluding hydrogens is 400 g/mol. The highest BCUT2D eigenvalue weighted by Crippen LogP contribution is 2.24. The Morgan fingerprint density at radius 1 is 1.10 bits per heavy atom. The van der Waals surface area contributed by atoms with Gasteiger partial charge >= 0.3 is 12.1 Å². The first kappa shape index (κ1) is 22.3. The largest absolute Gasteiger partial charge is 0.460 e. The number of hydrogen-bond donors (Lipinski definition) is 2. The zero-order chi connectivity index (χ0) is 22.4. The molecule has 0 radical (unpaired) electrons. The van der Waals surface area contributed by atoms with Gasteiger partial charge in [0.1, 0.15) is 17.7 Å². The van der Waals surface area contributed by atoms with Crippen molar-refractivity contribution in [3.8, 4) is 0 Å². The number of oxazole rings is 1. The fraction of sp³-hybridized carbons (Fsp3) is 0.348. The van der Waals surface area contributed by atoms with Crippen molar-refractivity contribution in [3.63, 3.8) is 0 Å². The lowest BCUT2D eigenvalue weighted by Crippen LogP contribution is -2.42. The van der Waals surface area contributed by atoms with E-state index in [4.69, 9.17) is 13.9 Å². The summed E-state index contributed by atoms with van der Waals surface area (Å²) in [4.78, 5) is 29.0. The van der Waals surface area contributed by atoms with Crippen LogP contribution in [0.2, 0.25) is 0 Å². The molecule has 0 fully saturated rings. The Morgan fingerprint density at radius 2 is 1.77 bits per heavy atom. The van der Waals surface area contributed by atoms with Gasteiger partial charge < -0.3 is 24.3 Å². The summed E-state index contributed by atoms with van der Waals surface area (Å²) >= 11 is 0. The highest BCUT2D eigenvalue weighted by atomic mass is 16.6. The van der Waals surface area contributed by atoms with E-state index in [1.165, 1.54) is 0 Å². The van der Waals surface area contributed by atoms with E-state index in [9.17, 15) is 14.7 Å². The SMILES string of the molecule is CC(C)(C)OC(=O)C[C@@H](NC(=O)OCc1ccccc1)C(O)c1nc2ccccc2o1. The molecule has 1 heterocycles. The molecule has 0 saturated carbocycles. The van der Waals surface area contributed by atoms with Gasteiger partial charge in [0.25, 0.3) is 0 Å². The first-order chi connectivity index (χ1) is 14.7. The van der Waals surface area contributed by atoms with Gasteiger partial charge in [-0.2, -0.15) is 0 Å². The van der Waals surface area contributed by atoms with Gasteiger partial charge in [-0.3, -0.25) is 4.79 Å². The van der Waals surface area contributed by atoms with Crippen molar-refractivity contribution >= 4 is 23.2 Å². The van der Waals surface area contributed by atoms with E-state index >= 15 is 0 Å². The molecule has 0 bridgehead atoms. The molecule has 3 aromatic rings. The molecule has 0 spiro atoms. The number of para-hydroxylation sites is 2. The summed E-state index contributed by atoms with van der Waals surface area (Å²) in [5, 5.41) is 13.4. The van der Waals surface area contributed by atoms with E-state index < -0.39 is 29.8 Å². The van der Waals surface area contributed by atoms with Gasteiger partial charge in [-0.1, -0.05) is 42.5 Å². The molecule has 0 saturated heterocycles. The van der Waals surface area contributed by atoms with E-state index in [-0.39, 0.29) is 18.9 Å². The smallest absolute Gasteiger partial charge is 0.407 e. The summed E-state index contributed by atoms with van der Waals surface area (Å²) in [6.45, 7) is 5.25. The van der Waals surface area contributed by atoms with Crippen LogP contribution in [0.15, 0.2) is 59.0 Å². The first-order valence-electron chi connectivity index (χ1n) is 9.94. The second kappa shape index (κ2) is 9.61. The van der Waals surface area contributed by atoms with Crippen LogP contribution in [-0.4, -0.2) is 33.8 Å². The molecule has 31 heavy (non-hydrogen) atoms. The molecule has 2 aromatic carbocycles. The van der Waals surface area contributed by atoms with Crippen LogP contribution in [0.3, 0.4) is 0 Å². The van der Waals surface area contributed by atoms with E-state index in [1.807, 2.05) is 30.3 Å². The van der Waals surface area contributed by atoms with Gasteiger partial charge in [0.2, 0.25) is 5.89 Å². The molecule has 164 valence electrons. The Bertz CT molecular complexity index is 992. The fourth-order valence-electron chi connectivity index (χ4n) is 2.91. The number of hydrogen-bond acceptors (Lipinski definition) is 7. The van der Waals surface area contributed by atoms with E-state index in [1.54, 1.807) is 45.0 Å². The predicted molar refractivity (Wildman–Crippen MR) is 113 cm³/mol. The Morgan fingerprint density at radius 3 is 2.45 bits per heavy atom. The van der Waals surface area contributed by atoms with Crippen molar-refractivity contribution in [3.05, 3.63) is 66.1 Å². The maximum absolute atomic E-state index is 12.4. The zero-order valence-corrected chi connectivity index (χ0v) is 17.7. The number of amides is 1. The summed E-state index contributed by atoms with van der Waals surface area (Å²) in [6, 6.07) is 15.1. The lowest BCUT2D eigenvalue weighted by atomic mass is 10.1. The van der Waals surface area contributed by atoms with Crippen LogP contribution < -0.4 is 5.32 Å². The van der Waals surface area contributed by atoms with Crippen LogP contribution in [-0.2, 0) is 20.9 Å². The molecule has 8 heteroatoms. The second-order valence-electron chi connectivity index (χ2n) is 8.07. The summed E-state index contributed by atoms with van der Waals surface area (Å²) in [6.07, 6.45) is -2.46. The van der Waals surface area contributed by atoms with Crippen molar-refractivity contribution in [1.82, 2.24) is 10.3 Å². The molecule has 0 aliphatic heterocycles. The average Bonchev–Trinajstić information content (AvgIpc) is 3.15. The number of benzene rings is 2. The zero-order valence-electron chi connectivity index (χ0n) is 17.7. The van der Waals surface area contributed by atoms with Gasteiger partial charge in [-0.25, -0.2) is 9.78 Å². The van der Waals surface area contributed by atoms with Crippen LogP contribution in [0.5, 0.6) is 0 Å². The maximum Gasteiger partial charge on any atom is 0.407 e. The van der Waals surface area contributed by atoms with Crippen molar-refractivity contribution in [2.45, 2.75) is 51.5 Å². The number of aromatic nitrogens is 1. The van der Waals surface area contributed by atoms with Crippen molar-refractivity contribution in [2.75, 3.05) is 0 Å². The fourth-order valence-corrected chi connectivity index (χ4v) is 2.91. The van der Waals surface area contributed by atoms with Crippen LogP contribution in [0.1, 0.15) is 44.8 Å².